The second kappa shape index (κ2) is 25.1. The van der Waals surface area contributed by atoms with Crippen LogP contribution in [0.25, 0.3) is 110 Å². The second-order valence-electron chi connectivity index (χ2n) is 18.1. The summed E-state index contributed by atoms with van der Waals surface area (Å²) in [5, 5.41) is 6.50. The van der Waals surface area contributed by atoms with Crippen molar-refractivity contribution in [3.63, 3.8) is 0 Å². The molecule has 0 spiro atoms. The van der Waals surface area contributed by atoms with Crippen molar-refractivity contribution < 1.29 is 42.4 Å². The predicted octanol–water partition coefficient (Wildman–Crippen LogP) is 16.2. The molecule has 12 aromatic heterocycles. The fourth-order valence-corrected chi connectivity index (χ4v) is 10.5. The minimum atomic E-state index is -3.06. The van der Waals surface area contributed by atoms with Gasteiger partial charge in [0.2, 0.25) is 11.8 Å². The van der Waals surface area contributed by atoms with Crippen molar-refractivity contribution >= 4 is 200 Å². The van der Waals surface area contributed by atoms with E-state index in [1.807, 2.05) is 140 Å². The van der Waals surface area contributed by atoms with Crippen LogP contribution in [0.4, 0.5) is 0 Å². The molecule has 82 heavy (non-hydrogen) atoms. The molecule has 4 aromatic carbocycles. The van der Waals surface area contributed by atoms with Gasteiger partial charge in [-0.25, -0.2) is 15.0 Å². The van der Waals surface area contributed by atoms with Crippen molar-refractivity contribution in [1.82, 2.24) is 47.8 Å². The van der Waals surface area contributed by atoms with Gasteiger partial charge in [0.15, 0.2) is 0 Å². The number of nitrogens with zero attached hydrogens (tertiary/aromatic N) is 10. The van der Waals surface area contributed by atoms with E-state index in [1.165, 1.54) is 68.5 Å². The fourth-order valence-electron chi connectivity index (χ4n) is 10.5. The summed E-state index contributed by atoms with van der Waals surface area (Å²) in [6, 6.07) is 67.3. The molecular weight excluding hydrogens is 1530 g/mol. The maximum atomic E-state index is 6.31. The van der Waals surface area contributed by atoms with Gasteiger partial charge in [-0.3, -0.25) is 19.5 Å². The quantitative estimate of drug-likeness (QED) is 0.0919. The van der Waals surface area contributed by atoms with Crippen LogP contribution in [0.5, 0.6) is 23.3 Å². The van der Waals surface area contributed by atoms with E-state index in [2.05, 4.69) is 118 Å². The number of pyridine rings is 8. The fraction of sp³-hybridized carbons (Fsp3) is 0. The Morgan fingerprint density at radius 1 is 0.439 bits per heavy atom. The van der Waals surface area contributed by atoms with Crippen LogP contribution < -0.4 is 9.47 Å². The Hall–Kier alpha value is -4.65. The summed E-state index contributed by atoms with van der Waals surface area (Å²) in [5.41, 5.74) is 13.2. The molecule has 0 aliphatic rings. The van der Waals surface area contributed by atoms with Crippen LogP contribution in [0.2, 0.25) is 0 Å². The van der Waals surface area contributed by atoms with Crippen molar-refractivity contribution in [2.45, 2.75) is 0 Å². The zero-order valence-corrected chi connectivity index (χ0v) is 57.0. The van der Waals surface area contributed by atoms with Gasteiger partial charge in [0.1, 0.15) is 22.6 Å². The Bertz CT molecular complexity index is 4630. The molecular formula is C62H36Cl4K2N10O2Pt2. The molecule has 0 radical (unpaired) electrons. The smallest absolute Gasteiger partial charge is 0.466 e. The molecule has 0 atom stereocenters. The van der Waals surface area contributed by atoms with E-state index in [1.54, 1.807) is 6.20 Å². The molecule has 0 aliphatic heterocycles. The van der Waals surface area contributed by atoms with Crippen LogP contribution in [0.15, 0.2) is 219 Å². The van der Waals surface area contributed by atoms with E-state index in [9.17, 15) is 0 Å². The maximum absolute atomic E-state index is 6.31. The monoisotopic (exact) mass is 1560 g/mol. The first-order chi connectivity index (χ1) is 39.7. The summed E-state index contributed by atoms with van der Waals surface area (Å²) in [4.78, 5) is 28.4. The van der Waals surface area contributed by atoms with Crippen molar-refractivity contribution in [2.75, 3.05) is 0 Å². The number of para-hydroxylation sites is 2. The van der Waals surface area contributed by atoms with Crippen LogP contribution >= 0.6 is 37.7 Å². The van der Waals surface area contributed by atoms with Gasteiger partial charge in [-0.05, 0) is 108 Å². The minimum absolute atomic E-state index is 0. The largest absolute Gasteiger partial charge is 2.00 e. The molecule has 16 aromatic rings. The number of hydrogen-bond donors (Lipinski definition) is 0. The first-order valence-corrected chi connectivity index (χ1v) is 52.8. The van der Waals surface area contributed by atoms with Crippen LogP contribution in [-0.4, -0.2) is 111 Å². The van der Waals surface area contributed by atoms with Crippen molar-refractivity contribution in [2.24, 2.45) is 0 Å². The van der Waals surface area contributed by atoms with Gasteiger partial charge < -0.3 is 22.8 Å². The third-order valence-corrected chi connectivity index (χ3v) is 13.6. The zero-order valence-electron chi connectivity index (χ0n) is 43.2. The van der Waals surface area contributed by atoms with Gasteiger partial charge in [-0.2, -0.15) is 18.2 Å². The molecule has 0 aliphatic carbocycles. The molecule has 396 valence electrons. The topological polar surface area (TPSA) is 114 Å². The molecule has 0 amide bonds. The van der Waals surface area contributed by atoms with Gasteiger partial charge >= 0.3 is 134 Å². The molecule has 12 nitrogen and oxygen atoms in total. The molecule has 0 saturated heterocycles. The van der Waals surface area contributed by atoms with Gasteiger partial charge in [-0.15, -0.1) is 18.2 Å². The number of aromatic nitrogens is 10. The number of halogens is 4. The molecule has 20 heteroatoms. The second-order valence-corrected chi connectivity index (χ2v) is 37.8. The average Bonchev–Trinajstić information content (AvgIpc) is 4.45. The van der Waals surface area contributed by atoms with E-state index < -0.39 is 11.9 Å². The summed E-state index contributed by atoms with van der Waals surface area (Å²) in [6.07, 6.45) is 11.3. The molecule has 0 saturated carbocycles. The summed E-state index contributed by atoms with van der Waals surface area (Å²) < 4.78 is 21.0. The summed E-state index contributed by atoms with van der Waals surface area (Å²) >= 11 is -0.556. The molecule has 0 N–H and O–H groups in total. The Morgan fingerprint density at radius 3 is 1.66 bits per heavy atom. The van der Waals surface area contributed by atoms with Gasteiger partial charge in [0.05, 0.1) is 44.3 Å². The predicted molar refractivity (Wildman–Crippen MR) is 326 cm³/mol. The van der Waals surface area contributed by atoms with Gasteiger partial charge in [0, 0.05) is 75.8 Å². The van der Waals surface area contributed by atoms with E-state index in [4.69, 9.17) is 62.1 Å². The van der Waals surface area contributed by atoms with Crippen molar-refractivity contribution in [3.8, 4) is 34.6 Å². The summed E-state index contributed by atoms with van der Waals surface area (Å²) in [7, 11) is 20.0. The van der Waals surface area contributed by atoms with E-state index in [0.717, 1.165) is 105 Å². The Labute approximate surface area is 546 Å². The summed E-state index contributed by atoms with van der Waals surface area (Å²) in [5.74, 6) is 2.29. The number of ether oxygens (including phenoxy) is 2. The van der Waals surface area contributed by atoms with Crippen LogP contribution in [0, 0.1) is 12.1 Å². The van der Waals surface area contributed by atoms with E-state index >= 15 is 0 Å². The Kier molecular flexibility index (Phi) is 17.7. The Morgan fingerprint density at radius 2 is 0.963 bits per heavy atom. The van der Waals surface area contributed by atoms with E-state index in [-0.39, 0.29) is 21.1 Å². The number of rotatable bonds is 6. The van der Waals surface area contributed by atoms with Crippen LogP contribution in [0.1, 0.15) is 0 Å². The first kappa shape index (κ1) is 57.8. The van der Waals surface area contributed by atoms with Crippen molar-refractivity contribution in [1.29, 1.82) is 0 Å². The maximum Gasteiger partial charge on any atom is 2.00 e. The average molecular weight is 1560 g/mol. The standard InChI is InChI=1S/C31H19N5O.C31H17N5O.4ClH.2K.2Pt/c2*1-2-11-25-22(9-1)23-10-4-17-33-31(23)36(25)20-7-3-8-21(19-20)37-28-15-14-24-29-26(12-5-16-32-29)35-18-6-13-27(35)30(24)34-28;;;;;;;;/h1-19H;1-12,14-18H;4*1H;;;;/q;-2;;;;;;;+2;+4/p-4. The molecule has 0 fully saturated rings. The molecule has 0 unspecified atom stereocenters. The molecule has 16 rings (SSSR count). The number of benzene rings is 4. The number of fused-ring (bicyclic) bond motifs is 18. The normalized spacial score (nSPS) is 11.7. The summed E-state index contributed by atoms with van der Waals surface area (Å²) in [6.45, 7) is 0. The SMILES string of the molecule is [Cl][Pt]([Cl])([Cl])[Cl].[K][K].[Pt+2].[c-]1c(Oc2ccc3c(n2)c2[c-]ccn2c2cccnc32)cccc1-n1c2ccccc2c2cccnc21.c1cc(Oc2ccc3c4ncccc4n4cccc4c3n2)cc(-n2c3ccccc3c3cccnc32)c1. The first-order valence-electron chi connectivity index (χ1n) is 25.6. The minimum Gasteiger partial charge on any atom is -0.466 e. The van der Waals surface area contributed by atoms with Gasteiger partial charge in [-0.1, -0.05) is 65.9 Å². The molecule has 0 bridgehead atoms. The third kappa shape index (κ3) is 11.4. The zero-order chi connectivity index (χ0) is 55.2. The van der Waals surface area contributed by atoms with Crippen molar-refractivity contribution in [3.05, 3.63) is 231 Å². The van der Waals surface area contributed by atoms with E-state index in [0.29, 0.717) is 23.3 Å². The van der Waals surface area contributed by atoms with Crippen LogP contribution in [-0.2, 0) is 33.0 Å². The van der Waals surface area contributed by atoms with Gasteiger partial charge in [0.25, 0.3) is 0 Å². The Balaban J connectivity index is 0.000000145. The van der Waals surface area contributed by atoms with Crippen LogP contribution in [0.3, 0.4) is 0 Å². The molecule has 12 heterocycles. The number of hydrogen-bond acceptors (Lipinski definition) is 8. The third-order valence-electron chi connectivity index (χ3n) is 13.6.